The van der Waals surface area contributed by atoms with Crippen LogP contribution < -0.4 is 4.74 Å². The van der Waals surface area contributed by atoms with Crippen molar-refractivity contribution in [3.05, 3.63) is 33.4 Å². The standard InChI is InChI=1S/C15H14ClF3O3/c1-4-21-14(20)10-6-9-11(16)7(2)5-8(3)12(9)22-13(10)15(17,18)19/h5-6,13H,4H2,1-3H3. The number of esters is 1. The number of hydrogen-bond acceptors (Lipinski definition) is 3. The minimum absolute atomic E-state index is 0.0333. The third-order valence-electron chi connectivity index (χ3n) is 3.24. The molecule has 1 unspecified atom stereocenters. The molecule has 0 spiro atoms. The summed E-state index contributed by atoms with van der Waals surface area (Å²) >= 11 is 6.13. The van der Waals surface area contributed by atoms with E-state index in [1.54, 1.807) is 19.9 Å². The monoisotopic (exact) mass is 334 g/mol. The lowest BCUT2D eigenvalue weighted by Crippen LogP contribution is -2.41. The van der Waals surface area contributed by atoms with Crippen LogP contribution in [0.2, 0.25) is 5.02 Å². The van der Waals surface area contributed by atoms with Crippen LogP contribution in [-0.2, 0) is 9.53 Å². The number of fused-ring (bicyclic) bond motifs is 1. The zero-order valence-corrected chi connectivity index (χ0v) is 12.9. The predicted octanol–water partition coefficient (Wildman–Crippen LogP) is 4.23. The zero-order chi connectivity index (χ0) is 16.7. The molecule has 0 amide bonds. The van der Waals surface area contributed by atoms with Gasteiger partial charge in [0.25, 0.3) is 0 Å². The Morgan fingerprint density at radius 1 is 1.36 bits per heavy atom. The fourth-order valence-electron chi connectivity index (χ4n) is 2.30. The number of rotatable bonds is 2. The topological polar surface area (TPSA) is 35.5 Å². The first-order chi connectivity index (χ1) is 10.2. The molecule has 1 aliphatic heterocycles. The second-order valence-electron chi connectivity index (χ2n) is 4.93. The van der Waals surface area contributed by atoms with Gasteiger partial charge in [-0.3, -0.25) is 0 Å². The molecule has 0 aromatic heterocycles. The third kappa shape index (κ3) is 2.92. The summed E-state index contributed by atoms with van der Waals surface area (Å²) in [5.74, 6) is -1.03. The van der Waals surface area contributed by atoms with Crippen molar-refractivity contribution in [3.63, 3.8) is 0 Å². The average molecular weight is 335 g/mol. The van der Waals surface area contributed by atoms with Crippen molar-refractivity contribution in [1.82, 2.24) is 0 Å². The summed E-state index contributed by atoms with van der Waals surface area (Å²) < 4.78 is 49.3. The minimum atomic E-state index is -4.74. The van der Waals surface area contributed by atoms with E-state index < -0.39 is 23.8 Å². The number of halogens is 4. The summed E-state index contributed by atoms with van der Waals surface area (Å²) in [6, 6.07) is 1.64. The Labute approximate surface area is 130 Å². The number of carbonyl (C=O) groups is 1. The van der Waals surface area contributed by atoms with Crippen molar-refractivity contribution >= 4 is 23.6 Å². The van der Waals surface area contributed by atoms with Crippen molar-refractivity contribution < 1.29 is 27.4 Å². The summed E-state index contributed by atoms with van der Waals surface area (Å²) in [5.41, 5.74) is 0.869. The Morgan fingerprint density at radius 2 is 2.00 bits per heavy atom. The van der Waals surface area contributed by atoms with Crippen LogP contribution in [0.3, 0.4) is 0 Å². The largest absolute Gasteiger partial charge is 0.475 e. The van der Waals surface area contributed by atoms with Gasteiger partial charge in [-0.1, -0.05) is 17.7 Å². The lowest BCUT2D eigenvalue weighted by molar-refractivity contribution is -0.188. The van der Waals surface area contributed by atoms with E-state index in [9.17, 15) is 18.0 Å². The molecular weight excluding hydrogens is 321 g/mol. The number of alkyl halides is 3. The molecule has 1 aromatic rings. The maximum atomic E-state index is 13.2. The van der Waals surface area contributed by atoms with Gasteiger partial charge in [-0.2, -0.15) is 13.2 Å². The highest BCUT2D eigenvalue weighted by Crippen LogP contribution is 2.43. The van der Waals surface area contributed by atoms with Gasteiger partial charge in [-0.15, -0.1) is 0 Å². The van der Waals surface area contributed by atoms with Crippen LogP contribution in [0.1, 0.15) is 23.6 Å². The molecule has 0 fully saturated rings. The predicted molar refractivity (Wildman–Crippen MR) is 76.0 cm³/mol. The first-order valence-corrected chi connectivity index (χ1v) is 6.96. The second kappa shape index (κ2) is 5.83. The van der Waals surface area contributed by atoms with Gasteiger partial charge >= 0.3 is 12.1 Å². The summed E-state index contributed by atoms with van der Waals surface area (Å²) in [7, 11) is 0. The van der Waals surface area contributed by atoms with Crippen molar-refractivity contribution in [2.24, 2.45) is 0 Å². The molecule has 1 heterocycles. The van der Waals surface area contributed by atoms with E-state index in [1.165, 1.54) is 6.92 Å². The number of hydrogen-bond donors (Lipinski definition) is 0. The molecule has 22 heavy (non-hydrogen) atoms. The maximum Gasteiger partial charge on any atom is 0.430 e. The summed E-state index contributed by atoms with van der Waals surface area (Å²) in [6.45, 7) is 4.83. The van der Waals surface area contributed by atoms with Crippen LogP contribution in [0, 0.1) is 13.8 Å². The highest BCUT2D eigenvalue weighted by atomic mass is 35.5. The fraction of sp³-hybridized carbons (Fsp3) is 0.400. The Bertz CT molecular complexity index is 650. The highest BCUT2D eigenvalue weighted by molar-refractivity contribution is 6.33. The molecule has 0 N–H and O–H groups in total. The van der Waals surface area contributed by atoms with E-state index in [1.807, 2.05) is 0 Å². The summed E-state index contributed by atoms with van der Waals surface area (Å²) in [6.07, 6.45) is -5.99. The van der Waals surface area contributed by atoms with Crippen LogP contribution in [0.5, 0.6) is 5.75 Å². The highest BCUT2D eigenvalue weighted by Gasteiger charge is 2.49. The molecule has 1 atom stereocenters. The normalized spacial score (nSPS) is 17.4. The van der Waals surface area contributed by atoms with E-state index in [-0.39, 0.29) is 22.9 Å². The van der Waals surface area contributed by atoms with Gasteiger partial charge in [0.2, 0.25) is 6.10 Å². The molecule has 0 saturated carbocycles. The Kier molecular flexibility index (Phi) is 4.42. The van der Waals surface area contributed by atoms with Gasteiger partial charge in [-0.05, 0) is 38.0 Å². The fourth-order valence-corrected chi connectivity index (χ4v) is 2.49. The maximum absolute atomic E-state index is 13.2. The van der Waals surface area contributed by atoms with Crippen molar-refractivity contribution in [3.8, 4) is 5.75 Å². The molecule has 0 bridgehead atoms. The first-order valence-electron chi connectivity index (χ1n) is 6.58. The number of carbonyl (C=O) groups excluding carboxylic acids is 1. The number of ether oxygens (including phenoxy) is 2. The van der Waals surface area contributed by atoms with E-state index in [4.69, 9.17) is 21.1 Å². The Morgan fingerprint density at radius 3 is 2.55 bits per heavy atom. The molecule has 7 heteroatoms. The second-order valence-corrected chi connectivity index (χ2v) is 5.30. The van der Waals surface area contributed by atoms with Crippen LogP contribution in [-0.4, -0.2) is 24.9 Å². The lowest BCUT2D eigenvalue weighted by atomic mass is 9.97. The number of benzene rings is 1. The first kappa shape index (κ1) is 16.7. The van der Waals surface area contributed by atoms with Gasteiger partial charge in [0.05, 0.1) is 17.2 Å². The van der Waals surface area contributed by atoms with E-state index in [2.05, 4.69) is 0 Å². The molecule has 1 aliphatic rings. The molecule has 0 saturated heterocycles. The van der Waals surface area contributed by atoms with Crippen LogP contribution in [0.15, 0.2) is 11.6 Å². The van der Waals surface area contributed by atoms with E-state index in [0.717, 1.165) is 6.08 Å². The minimum Gasteiger partial charge on any atom is -0.475 e. The summed E-state index contributed by atoms with van der Waals surface area (Å²) in [4.78, 5) is 11.8. The SMILES string of the molecule is CCOC(=O)C1=Cc2c(Cl)c(C)cc(C)c2OC1C(F)(F)F. The molecule has 3 nitrogen and oxygen atoms in total. The zero-order valence-electron chi connectivity index (χ0n) is 12.2. The summed E-state index contributed by atoms with van der Waals surface area (Å²) in [5, 5.41) is 0.253. The molecule has 120 valence electrons. The van der Waals surface area contributed by atoms with Gasteiger partial charge in [0.1, 0.15) is 5.75 Å². The molecule has 0 radical (unpaired) electrons. The van der Waals surface area contributed by atoms with Gasteiger partial charge in [-0.25, -0.2) is 4.79 Å². The van der Waals surface area contributed by atoms with Gasteiger partial charge < -0.3 is 9.47 Å². The Balaban J connectivity index is 2.64. The number of aryl methyl sites for hydroxylation is 2. The van der Waals surface area contributed by atoms with Crippen LogP contribution >= 0.6 is 11.6 Å². The average Bonchev–Trinajstić information content (AvgIpc) is 2.43. The third-order valence-corrected chi connectivity index (χ3v) is 3.75. The van der Waals surface area contributed by atoms with Crippen molar-refractivity contribution in [2.45, 2.75) is 33.1 Å². The van der Waals surface area contributed by atoms with E-state index >= 15 is 0 Å². The van der Waals surface area contributed by atoms with Gasteiger partial charge in [0.15, 0.2) is 0 Å². The molecule has 2 rings (SSSR count). The molecule has 0 aliphatic carbocycles. The molecular formula is C15H14ClF3O3. The Hall–Kier alpha value is -1.69. The van der Waals surface area contributed by atoms with E-state index in [0.29, 0.717) is 11.1 Å². The van der Waals surface area contributed by atoms with Crippen molar-refractivity contribution in [2.75, 3.05) is 6.61 Å². The lowest BCUT2D eigenvalue weighted by Gasteiger charge is -2.29. The van der Waals surface area contributed by atoms with Crippen molar-refractivity contribution in [1.29, 1.82) is 0 Å². The molecule has 1 aromatic carbocycles. The smallest absolute Gasteiger partial charge is 0.430 e. The van der Waals surface area contributed by atoms with Crippen LogP contribution in [0.25, 0.3) is 6.08 Å². The van der Waals surface area contributed by atoms with Crippen LogP contribution in [0.4, 0.5) is 13.2 Å². The quantitative estimate of drug-likeness (QED) is 0.759. The van der Waals surface area contributed by atoms with Gasteiger partial charge in [0, 0.05) is 5.56 Å².